The number of unbranched alkanes of at least 4 members (excludes halogenated alkanes) is 26. The molecular formula is C70H123NO18. The Labute approximate surface area is 534 Å². The number of allylic oxidation sites excluding steroid dienone is 11. The van der Waals surface area contributed by atoms with Crippen molar-refractivity contribution in [2.24, 2.45) is 0 Å². The zero-order chi connectivity index (χ0) is 64.7. The largest absolute Gasteiger partial charge is 0.394 e. The van der Waals surface area contributed by atoms with Crippen LogP contribution in [0.1, 0.15) is 232 Å². The summed E-state index contributed by atoms with van der Waals surface area (Å²) in [4.78, 5) is 13.3. The molecule has 0 aromatic rings. The van der Waals surface area contributed by atoms with Crippen molar-refractivity contribution in [2.75, 3.05) is 26.4 Å². The third kappa shape index (κ3) is 33.8. The minimum Gasteiger partial charge on any atom is -0.394 e. The van der Waals surface area contributed by atoms with E-state index < -0.39 is 124 Å². The molecule has 89 heavy (non-hydrogen) atoms. The van der Waals surface area contributed by atoms with Crippen LogP contribution < -0.4 is 5.32 Å². The molecule has 3 rings (SSSR count). The molecule has 0 spiro atoms. The van der Waals surface area contributed by atoms with E-state index in [0.29, 0.717) is 12.8 Å². The summed E-state index contributed by atoms with van der Waals surface area (Å²) in [6.45, 7) is 1.53. The third-order valence-corrected chi connectivity index (χ3v) is 17.0. The highest BCUT2D eigenvalue weighted by molar-refractivity contribution is 5.76. The topological polar surface area (TPSA) is 307 Å². The molecule has 0 radical (unpaired) electrons. The molecule has 0 bridgehead atoms. The highest BCUT2D eigenvalue weighted by Gasteiger charge is 2.53. The summed E-state index contributed by atoms with van der Waals surface area (Å²) in [5, 5.41) is 120. The number of rotatable bonds is 52. The Hall–Kier alpha value is -2.77. The summed E-state index contributed by atoms with van der Waals surface area (Å²) in [5.41, 5.74) is 0. The van der Waals surface area contributed by atoms with Crippen LogP contribution in [0.15, 0.2) is 72.9 Å². The van der Waals surface area contributed by atoms with Crippen LogP contribution in [0.25, 0.3) is 0 Å². The van der Waals surface area contributed by atoms with Gasteiger partial charge in [0.2, 0.25) is 5.91 Å². The van der Waals surface area contributed by atoms with E-state index in [0.717, 1.165) is 70.6 Å². The summed E-state index contributed by atoms with van der Waals surface area (Å²) in [6.07, 6.45) is 38.0. The fourth-order valence-electron chi connectivity index (χ4n) is 11.4. The van der Waals surface area contributed by atoms with E-state index in [2.05, 4.69) is 79.9 Å². The quantitative estimate of drug-likeness (QED) is 0.0200. The maximum atomic E-state index is 13.3. The number of ether oxygens (including phenoxy) is 6. The van der Waals surface area contributed by atoms with Crippen LogP contribution in [-0.2, 0) is 33.2 Å². The van der Waals surface area contributed by atoms with E-state index in [1.807, 2.05) is 6.08 Å². The van der Waals surface area contributed by atoms with Gasteiger partial charge in [-0.2, -0.15) is 0 Å². The van der Waals surface area contributed by atoms with Crippen LogP contribution in [0.2, 0.25) is 0 Å². The molecule has 19 nitrogen and oxygen atoms in total. The second-order valence-electron chi connectivity index (χ2n) is 24.6. The molecule has 3 heterocycles. The van der Waals surface area contributed by atoms with E-state index in [-0.39, 0.29) is 18.9 Å². The van der Waals surface area contributed by atoms with Crippen molar-refractivity contribution in [3.63, 3.8) is 0 Å². The summed E-state index contributed by atoms with van der Waals surface area (Å²) in [7, 11) is 0. The number of amides is 1. The Balaban J connectivity index is 1.30. The molecule has 3 saturated heterocycles. The van der Waals surface area contributed by atoms with E-state index in [4.69, 9.17) is 28.4 Å². The first kappa shape index (κ1) is 80.5. The number of hydrogen-bond donors (Lipinski definition) is 12. The van der Waals surface area contributed by atoms with Crippen LogP contribution in [0.4, 0.5) is 0 Å². The van der Waals surface area contributed by atoms with Gasteiger partial charge >= 0.3 is 0 Å². The van der Waals surface area contributed by atoms with Gasteiger partial charge in [-0.3, -0.25) is 4.79 Å². The predicted molar refractivity (Wildman–Crippen MR) is 346 cm³/mol. The molecule has 3 aliphatic heterocycles. The zero-order valence-corrected chi connectivity index (χ0v) is 54.4. The number of aliphatic hydroxyl groups excluding tert-OH is 11. The van der Waals surface area contributed by atoms with Gasteiger partial charge in [0.1, 0.15) is 73.2 Å². The molecule has 0 aromatic heterocycles. The van der Waals surface area contributed by atoms with Crippen molar-refractivity contribution < 1.29 is 89.4 Å². The number of carbonyl (C=O) groups is 1. The van der Waals surface area contributed by atoms with Gasteiger partial charge < -0.3 is 89.9 Å². The van der Waals surface area contributed by atoms with Crippen molar-refractivity contribution in [3.8, 4) is 0 Å². The second-order valence-corrected chi connectivity index (χ2v) is 24.6. The first-order valence-electron chi connectivity index (χ1n) is 34.7. The van der Waals surface area contributed by atoms with E-state index in [1.165, 1.54) is 128 Å². The van der Waals surface area contributed by atoms with Crippen LogP contribution in [0.3, 0.4) is 0 Å². The molecular weight excluding hydrogens is 1140 g/mol. The lowest BCUT2D eigenvalue weighted by Crippen LogP contribution is -2.66. The fourth-order valence-corrected chi connectivity index (χ4v) is 11.4. The Morgan fingerprint density at radius 1 is 0.416 bits per heavy atom. The summed E-state index contributed by atoms with van der Waals surface area (Å²) < 4.78 is 34.2. The minimum absolute atomic E-state index is 0.235. The van der Waals surface area contributed by atoms with Gasteiger partial charge in [-0.05, 0) is 70.6 Å². The number of aliphatic hydroxyl groups is 11. The number of nitrogens with one attached hydrogen (secondary N) is 1. The molecule has 3 fully saturated rings. The lowest BCUT2D eigenvalue weighted by atomic mass is 9.96. The monoisotopic (exact) mass is 1270 g/mol. The summed E-state index contributed by atoms with van der Waals surface area (Å²) >= 11 is 0. The second kappa shape index (κ2) is 51.6. The molecule has 0 aliphatic carbocycles. The van der Waals surface area contributed by atoms with Gasteiger partial charge in [0.15, 0.2) is 18.9 Å². The Morgan fingerprint density at radius 2 is 0.787 bits per heavy atom. The highest BCUT2D eigenvalue weighted by atomic mass is 16.8. The average molecular weight is 1270 g/mol. The third-order valence-electron chi connectivity index (χ3n) is 17.0. The smallest absolute Gasteiger partial charge is 0.220 e. The molecule has 0 aromatic carbocycles. The average Bonchev–Trinajstić information content (AvgIpc) is 1.40. The predicted octanol–water partition coefficient (Wildman–Crippen LogP) is 8.94. The fraction of sp³-hybridized carbons (Fsp3) is 0.814. The van der Waals surface area contributed by atoms with Crippen molar-refractivity contribution >= 4 is 5.91 Å². The summed E-state index contributed by atoms with van der Waals surface area (Å²) in [6, 6.07) is -0.988. The van der Waals surface area contributed by atoms with E-state index in [1.54, 1.807) is 6.08 Å². The van der Waals surface area contributed by atoms with Crippen molar-refractivity contribution in [2.45, 2.75) is 336 Å². The van der Waals surface area contributed by atoms with Crippen molar-refractivity contribution in [1.82, 2.24) is 5.32 Å². The first-order chi connectivity index (χ1) is 43.3. The summed E-state index contributed by atoms with van der Waals surface area (Å²) in [5.74, 6) is -0.287. The van der Waals surface area contributed by atoms with Crippen LogP contribution in [-0.4, -0.2) is 193 Å². The van der Waals surface area contributed by atoms with Gasteiger partial charge in [-0.25, -0.2) is 0 Å². The van der Waals surface area contributed by atoms with Gasteiger partial charge in [-0.15, -0.1) is 0 Å². The van der Waals surface area contributed by atoms with Gasteiger partial charge in [0.05, 0.1) is 38.6 Å². The molecule has 1 amide bonds. The van der Waals surface area contributed by atoms with Crippen molar-refractivity contribution in [3.05, 3.63) is 72.9 Å². The SMILES string of the molecule is CC/C=C\C/C=C\C/C=C\C/C=C\CCCCCCCCCCCCCCCCCCCCCCCCC(=O)NC(COC1OC(CO)C(OC2OC(CO)C(OC3OC(CO)C(O)C(O)C3O)C(O)C2O)C(O)C1O)C(O)/C=C/CC/C=C/CCCCC. The Morgan fingerprint density at radius 3 is 1.26 bits per heavy atom. The normalized spacial score (nSPS) is 28.7. The maximum Gasteiger partial charge on any atom is 0.220 e. The van der Waals surface area contributed by atoms with E-state index >= 15 is 0 Å². The zero-order valence-electron chi connectivity index (χ0n) is 54.4. The highest BCUT2D eigenvalue weighted by Crippen LogP contribution is 2.33. The molecule has 17 atom stereocenters. The number of hydrogen-bond acceptors (Lipinski definition) is 18. The van der Waals surface area contributed by atoms with Gasteiger partial charge in [-0.1, -0.05) is 228 Å². The first-order valence-corrected chi connectivity index (χ1v) is 34.7. The van der Waals surface area contributed by atoms with Crippen LogP contribution in [0.5, 0.6) is 0 Å². The van der Waals surface area contributed by atoms with Gasteiger partial charge in [0.25, 0.3) is 0 Å². The standard InChI is InChI=1S/C70H123NO18/c1-3-5-7-9-11-13-14-15-16-17-18-19-20-21-22-23-24-25-26-27-28-29-30-31-32-33-34-35-36-37-38-40-42-44-46-48-58(76)71-53(54(75)47-45-43-41-39-12-10-8-6-4-2)52-84-68-64(82)61(79)66(56(50-73)86-68)89-70-65(83)62(80)67(57(51-74)87-70)88-69-63(81)60(78)59(77)55(49-72)85-69/h5,7,11-13,15-16,18-19,39,45,47,53-57,59-70,72-75,77-83H,3-4,6,8-10,14,17,20-38,40-44,46,48-52H2,1-2H3,(H,71,76)/b7-5-,13-11-,16-15-,19-18-,39-12+,47-45+. The van der Waals surface area contributed by atoms with Crippen LogP contribution >= 0.6 is 0 Å². The molecule has 3 aliphatic rings. The Bertz CT molecular complexity index is 1900. The van der Waals surface area contributed by atoms with Crippen LogP contribution in [0, 0.1) is 0 Å². The molecule has 0 saturated carbocycles. The number of carbonyl (C=O) groups excluding carboxylic acids is 1. The molecule has 516 valence electrons. The van der Waals surface area contributed by atoms with Gasteiger partial charge in [0, 0.05) is 6.42 Å². The molecule has 19 heteroatoms. The minimum atomic E-state index is -1.98. The molecule has 12 N–H and O–H groups in total. The maximum absolute atomic E-state index is 13.3. The lowest BCUT2D eigenvalue weighted by Gasteiger charge is -2.48. The lowest BCUT2D eigenvalue weighted by molar-refractivity contribution is -0.379. The van der Waals surface area contributed by atoms with E-state index in [9.17, 15) is 61.0 Å². The Kier molecular flexibility index (Phi) is 46.7. The molecule has 17 unspecified atom stereocenters. The van der Waals surface area contributed by atoms with Crippen molar-refractivity contribution in [1.29, 1.82) is 0 Å².